The molecule has 0 bridgehead atoms. The SMILES string of the molecule is C=C(C)C(=O)OCC(COC(=O)C(C)(C)CC(CO)CO)c1ccc(-c2ccc(CCCCC)c(C)c2)cc1. The van der Waals surface area contributed by atoms with Crippen molar-refractivity contribution < 1.29 is 29.3 Å². The number of aryl methyl sites for hydroxylation is 2. The first-order valence-electron chi connectivity index (χ1n) is 13.9. The Morgan fingerprint density at radius 1 is 0.949 bits per heavy atom. The van der Waals surface area contributed by atoms with E-state index in [0.29, 0.717) is 12.0 Å². The van der Waals surface area contributed by atoms with Crippen molar-refractivity contribution in [3.8, 4) is 11.1 Å². The zero-order valence-electron chi connectivity index (χ0n) is 24.3. The predicted molar refractivity (Wildman–Crippen MR) is 155 cm³/mol. The molecule has 0 amide bonds. The Bertz CT molecular complexity index is 1080. The molecule has 2 rings (SSSR count). The highest BCUT2D eigenvalue weighted by molar-refractivity contribution is 5.87. The van der Waals surface area contributed by atoms with Crippen LogP contribution in [-0.2, 0) is 25.5 Å². The fourth-order valence-electron chi connectivity index (χ4n) is 4.57. The van der Waals surface area contributed by atoms with Crippen LogP contribution in [0, 0.1) is 18.3 Å². The minimum Gasteiger partial charge on any atom is -0.464 e. The van der Waals surface area contributed by atoms with Gasteiger partial charge in [-0.05, 0) is 74.8 Å². The Morgan fingerprint density at radius 3 is 2.13 bits per heavy atom. The molecular formula is C33H46O6. The topological polar surface area (TPSA) is 93.1 Å². The molecule has 1 atom stereocenters. The predicted octanol–water partition coefficient (Wildman–Crippen LogP) is 6.16. The smallest absolute Gasteiger partial charge is 0.333 e. The number of ether oxygens (including phenoxy) is 2. The number of rotatable bonds is 16. The standard InChI is InChI=1S/C33H46O6/c1-7-8-9-10-26-11-16-29(17-24(26)4)27-12-14-28(15-13-27)30(21-38-31(36)23(2)3)22-39-32(37)33(5,6)18-25(19-34)20-35/h11-17,25,30,34-35H,2,7-10,18-22H2,1,3-6H3. The minimum atomic E-state index is -0.889. The van der Waals surface area contributed by atoms with Gasteiger partial charge in [-0.1, -0.05) is 68.8 Å². The zero-order valence-corrected chi connectivity index (χ0v) is 24.3. The van der Waals surface area contributed by atoms with Crippen molar-refractivity contribution in [3.63, 3.8) is 0 Å². The summed E-state index contributed by atoms with van der Waals surface area (Å²) in [6.07, 6.45) is 5.04. The Balaban J connectivity index is 2.18. The molecule has 2 N–H and O–H groups in total. The lowest BCUT2D eigenvalue weighted by molar-refractivity contribution is -0.156. The van der Waals surface area contributed by atoms with E-state index in [1.165, 1.54) is 30.4 Å². The Hall–Kier alpha value is -2.96. The lowest BCUT2D eigenvalue weighted by atomic mass is 9.83. The van der Waals surface area contributed by atoms with Gasteiger partial charge < -0.3 is 19.7 Å². The van der Waals surface area contributed by atoms with E-state index < -0.39 is 23.3 Å². The van der Waals surface area contributed by atoms with Crippen molar-refractivity contribution in [2.45, 2.75) is 72.6 Å². The van der Waals surface area contributed by atoms with E-state index in [-0.39, 0.29) is 32.3 Å². The number of carbonyl (C=O) groups is 2. The maximum absolute atomic E-state index is 12.9. The summed E-state index contributed by atoms with van der Waals surface area (Å²) in [7, 11) is 0. The Morgan fingerprint density at radius 2 is 1.56 bits per heavy atom. The number of hydrogen-bond acceptors (Lipinski definition) is 6. The minimum absolute atomic E-state index is 0.0273. The van der Waals surface area contributed by atoms with Gasteiger partial charge in [0.25, 0.3) is 0 Å². The van der Waals surface area contributed by atoms with E-state index in [1.54, 1.807) is 20.8 Å². The number of hydrogen-bond donors (Lipinski definition) is 2. The fraction of sp³-hybridized carbons (Fsp3) is 0.515. The van der Waals surface area contributed by atoms with Crippen molar-refractivity contribution in [1.82, 2.24) is 0 Å². The third-order valence-corrected chi connectivity index (χ3v) is 7.16. The molecule has 39 heavy (non-hydrogen) atoms. The summed E-state index contributed by atoms with van der Waals surface area (Å²) in [5.74, 6) is -1.69. The van der Waals surface area contributed by atoms with Crippen molar-refractivity contribution in [1.29, 1.82) is 0 Å². The number of carbonyl (C=O) groups excluding carboxylic acids is 2. The second kappa shape index (κ2) is 15.6. The van der Waals surface area contributed by atoms with Gasteiger partial charge in [0.05, 0.1) is 11.3 Å². The highest BCUT2D eigenvalue weighted by Gasteiger charge is 2.33. The number of unbranched alkanes of at least 4 members (excludes halogenated alkanes) is 2. The summed E-state index contributed by atoms with van der Waals surface area (Å²) >= 11 is 0. The maximum Gasteiger partial charge on any atom is 0.333 e. The summed E-state index contributed by atoms with van der Waals surface area (Å²) in [5, 5.41) is 18.8. The molecule has 0 spiro atoms. The van der Waals surface area contributed by atoms with Gasteiger partial charge in [0, 0.05) is 24.7 Å². The van der Waals surface area contributed by atoms with Crippen LogP contribution in [0.15, 0.2) is 54.6 Å². The average Bonchev–Trinajstić information content (AvgIpc) is 2.92. The van der Waals surface area contributed by atoms with Gasteiger partial charge in [0.15, 0.2) is 0 Å². The second-order valence-electron chi connectivity index (χ2n) is 11.2. The van der Waals surface area contributed by atoms with Crippen LogP contribution in [0.1, 0.15) is 76.0 Å². The van der Waals surface area contributed by atoms with Crippen LogP contribution < -0.4 is 0 Å². The molecule has 0 saturated carbocycles. The lowest BCUT2D eigenvalue weighted by Gasteiger charge is -2.27. The largest absolute Gasteiger partial charge is 0.464 e. The second-order valence-corrected chi connectivity index (χ2v) is 11.2. The third-order valence-electron chi connectivity index (χ3n) is 7.16. The third kappa shape index (κ3) is 9.94. The van der Waals surface area contributed by atoms with Crippen molar-refractivity contribution in [3.05, 3.63) is 71.3 Å². The molecule has 2 aromatic carbocycles. The molecule has 0 aromatic heterocycles. The van der Waals surface area contributed by atoms with Gasteiger partial charge in [-0.25, -0.2) is 4.79 Å². The van der Waals surface area contributed by atoms with Crippen molar-refractivity contribution >= 4 is 11.9 Å². The highest BCUT2D eigenvalue weighted by Crippen LogP contribution is 2.29. The van der Waals surface area contributed by atoms with E-state index in [0.717, 1.165) is 23.1 Å². The van der Waals surface area contributed by atoms with Crippen LogP contribution in [0.3, 0.4) is 0 Å². The Labute approximate surface area is 234 Å². The number of esters is 2. The molecule has 6 nitrogen and oxygen atoms in total. The van der Waals surface area contributed by atoms with Gasteiger partial charge in [0.2, 0.25) is 0 Å². The normalized spacial score (nSPS) is 12.3. The van der Waals surface area contributed by atoms with Crippen LogP contribution in [0.2, 0.25) is 0 Å². The Kier molecular flexibility index (Phi) is 12.9. The first-order chi connectivity index (χ1) is 18.5. The maximum atomic E-state index is 12.9. The molecule has 214 valence electrons. The van der Waals surface area contributed by atoms with Crippen molar-refractivity contribution in [2.24, 2.45) is 11.3 Å². The first kappa shape index (κ1) is 32.3. The molecule has 0 heterocycles. The molecule has 0 aliphatic heterocycles. The molecule has 1 unspecified atom stereocenters. The molecule has 2 aromatic rings. The molecule has 0 saturated heterocycles. The fourth-order valence-corrected chi connectivity index (χ4v) is 4.57. The first-order valence-corrected chi connectivity index (χ1v) is 13.9. The zero-order chi connectivity index (χ0) is 29.0. The highest BCUT2D eigenvalue weighted by atomic mass is 16.5. The van der Waals surface area contributed by atoms with Crippen LogP contribution in [0.4, 0.5) is 0 Å². The summed E-state index contributed by atoms with van der Waals surface area (Å²) in [6.45, 7) is 12.7. The van der Waals surface area contributed by atoms with Crippen LogP contribution in [0.25, 0.3) is 11.1 Å². The van der Waals surface area contributed by atoms with Crippen LogP contribution in [0.5, 0.6) is 0 Å². The lowest BCUT2D eigenvalue weighted by Crippen LogP contribution is -2.32. The van der Waals surface area contributed by atoms with Gasteiger partial charge >= 0.3 is 11.9 Å². The van der Waals surface area contributed by atoms with Gasteiger partial charge in [0.1, 0.15) is 13.2 Å². The van der Waals surface area contributed by atoms with Crippen LogP contribution in [-0.4, -0.2) is 48.6 Å². The van der Waals surface area contributed by atoms with Gasteiger partial charge in [-0.3, -0.25) is 4.79 Å². The molecule has 6 heteroatoms. The van der Waals surface area contributed by atoms with Crippen LogP contribution >= 0.6 is 0 Å². The van der Waals surface area contributed by atoms with E-state index in [4.69, 9.17) is 9.47 Å². The average molecular weight is 539 g/mol. The molecule has 0 fully saturated rings. The number of benzene rings is 2. The molecule has 0 aliphatic rings. The molecule has 0 aliphatic carbocycles. The van der Waals surface area contributed by atoms with Crippen molar-refractivity contribution in [2.75, 3.05) is 26.4 Å². The summed E-state index contributed by atoms with van der Waals surface area (Å²) < 4.78 is 11.1. The summed E-state index contributed by atoms with van der Waals surface area (Å²) in [5.41, 5.74) is 5.19. The number of aliphatic hydroxyl groups excluding tert-OH is 2. The van der Waals surface area contributed by atoms with Gasteiger partial charge in [-0.2, -0.15) is 0 Å². The number of aliphatic hydroxyl groups is 2. The van der Waals surface area contributed by atoms with E-state index in [9.17, 15) is 19.8 Å². The summed E-state index contributed by atoms with van der Waals surface area (Å²) in [6, 6.07) is 14.6. The monoisotopic (exact) mass is 538 g/mol. The summed E-state index contributed by atoms with van der Waals surface area (Å²) in [4.78, 5) is 25.0. The quantitative estimate of drug-likeness (QED) is 0.151. The van der Waals surface area contributed by atoms with E-state index in [2.05, 4.69) is 38.6 Å². The van der Waals surface area contributed by atoms with E-state index >= 15 is 0 Å². The van der Waals surface area contributed by atoms with Gasteiger partial charge in [-0.15, -0.1) is 0 Å². The molecular weight excluding hydrogens is 492 g/mol. The van der Waals surface area contributed by atoms with E-state index in [1.807, 2.05) is 24.3 Å². The molecule has 0 radical (unpaired) electrons.